The van der Waals surface area contributed by atoms with Gasteiger partial charge in [-0.25, -0.2) is 8.42 Å². The Morgan fingerprint density at radius 1 is 0.914 bits per heavy atom. The van der Waals surface area contributed by atoms with Gasteiger partial charge >= 0.3 is 0 Å². The minimum absolute atomic E-state index is 0.132. The molecule has 186 valence electrons. The molecule has 0 bridgehead atoms. The maximum Gasteiger partial charge on any atom is 0.264 e. The van der Waals surface area contributed by atoms with Crippen LogP contribution in [0.25, 0.3) is 0 Å². The second-order valence-corrected chi connectivity index (χ2v) is 10.4. The maximum absolute atomic E-state index is 13.6. The number of sulfonamides is 1. The molecule has 1 unspecified atom stereocenters. The average molecular weight is 497 g/mol. The van der Waals surface area contributed by atoms with Gasteiger partial charge in [-0.15, -0.1) is 0 Å². The third-order valence-corrected chi connectivity index (χ3v) is 7.27. The summed E-state index contributed by atoms with van der Waals surface area (Å²) in [6.07, 6.45) is 0. The fourth-order valence-electron chi connectivity index (χ4n) is 3.51. The van der Waals surface area contributed by atoms with Crippen LogP contribution < -0.4 is 19.1 Å². The van der Waals surface area contributed by atoms with Gasteiger partial charge in [0.25, 0.3) is 10.0 Å². The lowest BCUT2D eigenvalue weighted by Crippen LogP contribution is -2.45. The maximum atomic E-state index is 13.6. The molecular formula is C27H32N2O5S. The Kier molecular flexibility index (Phi) is 8.40. The van der Waals surface area contributed by atoms with Crippen LogP contribution in [0.15, 0.2) is 71.6 Å². The van der Waals surface area contributed by atoms with Crippen molar-refractivity contribution in [2.24, 2.45) is 0 Å². The predicted molar refractivity (Wildman–Crippen MR) is 138 cm³/mol. The zero-order valence-electron chi connectivity index (χ0n) is 20.7. The molecule has 0 radical (unpaired) electrons. The Hall–Kier alpha value is -3.52. The number of ether oxygens (including phenoxy) is 2. The summed E-state index contributed by atoms with van der Waals surface area (Å²) in [5.74, 6) is 0.943. The molecule has 3 aromatic carbocycles. The highest BCUT2D eigenvalue weighted by molar-refractivity contribution is 7.92. The van der Waals surface area contributed by atoms with E-state index in [0.29, 0.717) is 11.4 Å². The van der Waals surface area contributed by atoms with E-state index in [9.17, 15) is 13.2 Å². The van der Waals surface area contributed by atoms with Gasteiger partial charge in [-0.1, -0.05) is 29.8 Å². The van der Waals surface area contributed by atoms with Gasteiger partial charge in [-0.05, 0) is 81.3 Å². The fourth-order valence-corrected chi connectivity index (χ4v) is 4.99. The quantitative estimate of drug-likeness (QED) is 0.450. The highest BCUT2D eigenvalue weighted by Crippen LogP contribution is 2.28. The molecule has 0 spiro atoms. The summed E-state index contributed by atoms with van der Waals surface area (Å²) in [7, 11) is -2.38. The summed E-state index contributed by atoms with van der Waals surface area (Å²) < 4.78 is 39.3. The number of rotatable bonds is 10. The minimum Gasteiger partial charge on any atom is -0.497 e. The Morgan fingerprint density at radius 3 is 2.14 bits per heavy atom. The topological polar surface area (TPSA) is 84.9 Å². The lowest BCUT2D eigenvalue weighted by atomic mass is 10.1. The molecule has 8 heteroatoms. The van der Waals surface area contributed by atoms with Gasteiger partial charge in [0, 0.05) is 0 Å². The summed E-state index contributed by atoms with van der Waals surface area (Å²) >= 11 is 0. The van der Waals surface area contributed by atoms with E-state index in [4.69, 9.17) is 9.47 Å². The van der Waals surface area contributed by atoms with Crippen LogP contribution in [0.2, 0.25) is 0 Å². The number of anilines is 1. The zero-order valence-corrected chi connectivity index (χ0v) is 21.6. The SMILES string of the molecule is COc1ccc(OCC(C)NC(=O)CN(c2cc(C)ccc2C)S(=O)(=O)c2ccc(C)cc2)cc1. The fraction of sp³-hybridized carbons (Fsp3) is 0.296. The number of aryl methyl sites for hydroxylation is 3. The third kappa shape index (κ3) is 6.76. The highest BCUT2D eigenvalue weighted by atomic mass is 32.2. The van der Waals surface area contributed by atoms with E-state index in [2.05, 4.69) is 5.32 Å². The van der Waals surface area contributed by atoms with Gasteiger partial charge in [-0.3, -0.25) is 9.10 Å². The number of methoxy groups -OCH3 is 1. The first-order chi connectivity index (χ1) is 16.6. The molecule has 3 rings (SSSR count). The van der Waals surface area contributed by atoms with Gasteiger partial charge in [0.1, 0.15) is 24.7 Å². The molecule has 1 amide bonds. The molecule has 0 saturated carbocycles. The van der Waals surface area contributed by atoms with Crippen molar-refractivity contribution < 1.29 is 22.7 Å². The number of hydrogen-bond acceptors (Lipinski definition) is 5. The van der Waals surface area contributed by atoms with E-state index in [1.807, 2.05) is 32.9 Å². The van der Waals surface area contributed by atoms with Crippen LogP contribution in [0, 0.1) is 20.8 Å². The average Bonchev–Trinajstić information content (AvgIpc) is 2.83. The molecule has 0 aliphatic rings. The highest BCUT2D eigenvalue weighted by Gasteiger charge is 2.28. The van der Waals surface area contributed by atoms with Crippen LogP contribution in [0.4, 0.5) is 5.69 Å². The van der Waals surface area contributed by atoms with Crippen LogP contribution in [0.5, 0.6) is 11.5 Å². The number of benzene rings is 3. The van der Waals surface area contributed by atoms with Crippen molar-refractivity contribution in [2.75, 3.05) is 24.6 Å². The van der Waals surface area contributed by atoms with Crippen LogP contribution in [-0.2, 0) is 14.8 Å². The number of nitrogens with zero attached hydrogens (tertiary/aromatic N) is 1. The van der Waals surface area contributed by atoms with E-state index in [0.717, 1.165) is 22.4 Å². The first kappa shape index (κ1) is 26.1. The van der Waals surface area contributed by atoms with Crippen molar-refractivity contribution in [2.45, 2.75) is 38.6 Å². The summed E-state index contributed by atoms with van der Waals surface area (Å²) in [4.78, 5) is 13.1. The van der Waals surface area contributed by atoms with E-state index in [-0.39, 0.29) is 24.1 Å². The van der Waals surface area contributed by atoms with Gasteiger partial charge < -0.3 is 14.8 Å². The van der Waals surface area contributed by atoms with Crippen molar-refractivity contribution >= 4 is 21.6 Å². The molecule has 1 atom stereocenters. The Labute approximate surface area is 207 Å². The first-order valence-electron chi connectivity index (χ1n) is 11.3. The van der Waals surface area contributed by atoms with Crippen molar-refractivity contribution in [3.05, 3.63) is 83.4 Å². The zero-order chi connectivity index (χ0) is 25.6. The molecule has 0 aliphatic heterocycles. The largest absolute Gasteiger partial charge is 0.497 e. The Morgan fingerprint density at radius 2 is 1.51 bits per heavy atom. The van der Waals surface area contributed by atoms with E-state index >= 15 is 0 Å². The molecule has 3 aromatic rings. The number of carbonyl (C=O) groups excluding carboxylic acids is 1. The summed E-state index contributed by atoms with van der Waals surface area (Å²) in [5, 5.41) is 2.84. The number of nitrogens with one attached hydrogen (secondary N) is 1. The molecule has 0 aliphatic carbocycles. The molecule has 35 heavy (non-hydrogen) atoms. The van der Waals surface area contributed by atoms with Gasteiger partial charge in [0.2, 0.25) is 5.91 Å². The molecule has 0 heterocycles. The molecule has 0 fully saturated rings. The van der Waals surface area contributed by atoms with Crippen LogP contribution in [0.3, 0.4) is 0 Å². The Bertz CT molecular complexity index is 1260. The van der Waals surface area contributed by atoms with Crippen LogP contribution >= 0.6 is 0 Å². The van der Waals surface area contributed by atoms with E-state index in [1.54, 1.807) is 68.6 Å². The lowest BCUT2D eigenvalue weighted by Gasteiger charge is -2.27. The second kappa shape index (κ2) is 11.3. The predicted octanol–water partition coefficient (Wildman–Crippen LogP) is 4.40. The van der Waals surface area contributed by atoms with E-state index in [1.165, 1.54) is 4.31 Å². The minimum atomic E-state index is -3.97. The molecule has 0 aromatic heterocycles. The van der Waals surface area contributed by atoms with Gasteiger partial charge in [0.15, 0.2) is 0 Å². The molecule has 7 nitrogen and oxygen atoms in total. The number of carbonyl (C=O) groups is 1. The van der Waals surface area contributed by atoms with Crippen molar-refractivity contribution in [3.63, 3.8) is 0 Å². The monoisotopic (exact) mass is 496 g/mol. The summed E-state index contributed by atoms with van der Waals surface area (Å²) in [6, 6.07) is 19.0. The van der Waals surface area contributed by atoms with Crippen molar-refractivity contribution in [1.29, 1.82) is 0 Å². The standard InChI is InChI=1S/C27H32N2O5S/c1-19-7-14-25(15-8-19)35(31,32)29(26-16-20(2)6-9-21(26)3)17-27(30)28-22(4)18-34-24-12-10-23(33-5)11-13-24/h6-16,22H,17-18H2,1-5H3,(H,28,30). The molecule has 0 saturated heterocycles. The Balaban J connectivity index is 1.77. The van der Waals surface area contributed by atoms with Gasteiger partial charge in [0.05, 0.1) is 23.7 Å². The molecular weight excluding hydrogens is 464 g/mol. The summed E-state index contributed by atoms with van der Waals surface area (Å²) in [5.41, 5.74) is 3.08. The lowest BCUT2D eigenvalue weighted by molar-refractivity contribution is -0.120. The number of amides is 1. The van der Waals surface area contributed by atoms with Gasteiger partial charge in [-0.2, -0.15) is 0 Å². The normalized spacial score (nSPS) is 12.0. The molecule has 1 N–H and O–H groups in total. The van der Waals surface area contributed by atoms with Crippen molar-refractivity contribution in [1.82, 2.24) is 5.32 Å². The van der Waals surface area contributed by atoms with Crippen LogP contribution in [0.1, 0.15) is 23.6 Å². The smallest absolute Gasteiger partial charge is 0.264 e. The third-order valence-electron chi connectivity index (χ3n) is 5.50. The van der Waals surface area contributed by atoms with Crippen molar-refractivity contribution in [3.8, 4) is 11.5 Å². The summed E-state index contributed by atoms with van der Waals surface area (Å²) in [6.45, 7) is 7.29. The van der Waals surface area contributed by atoms with Crippen LogP contribution in [-0.4, -0.2) is 40.6 Å². The first-order valence-corrected chi connectivity index (χ1v) is 12.8. The number of hydrogen-bond donors (Lipinski definition) is 1. The van der Waals surface area contributed by atoms with E-state index < -0.39 is 15.9 Å². The second-order valence-electron chi connectivity index (χ2n) is 8.57.